The van der Waals surface area contributed by atoms with Crippen molar-refractivity contribution in [2.24, 2.45) is 0 Å². The fourth-order valence-corrected chi connectivity index (χ4v) is 4.62. The number of aromatic nitrogens is 2. The molecule has 0 spiro atoms. The van der Waals surface area contributed by atoms with Crippen LogP contribution in [0, 0.1) is 0 Å². The van der Waals surface area contributed by atoms with Crippen molar-refractivity contribution in [1.29, 1.82) is 0 Å². The van der Waals surface area contributed by atoms with Crippen LogP contribution in [0.25, 0.3) is 11.1 Å². The van der Waals surface area contributed by atoms with Gasteiger partial charge in [-0.3, -0.25) is 5.10 Å². The maximum atomic E-state index is 12.7. The zero-order chi connectivity index (χ0) is 20.7. The van der Waals surface area contributed by atoms with E-state index < -0.39 is 5.97 Å². The predicted octanol–water partition coefficient (Wildman–Crippen LogP) is 3.85. The van der Waals surface area contributed by atoms with Crippen LogP contribution >= 0.6 is 0 Å². The molecule has 2 aliphatic rings. The summed E-state index contributed by atoms with van der Waals surface area (Å²) in [5, 5.41) is 15.9. The van der Waals surface area contributed by atoms with Gasteiger partial charge < -0.3 is 14.7 Å². The average molecular weight is 403 g/mol. The quantitative estimate of drug-likeness (QED) is 0.690. The summed E-state index contributed by atoms with van der Waals surface area (Å²) in [5.41, 5.74) is 5.46. The number of aromatic carboxylic acids is 1. The van der Waals surface area contributed by atoms with Crippen LogP contribution in [0.3, 0.4) is 0 Å². The molecule has 1 atom stereocenters. The Morgan fingerprint density at radius 2 is 1.77 bits per heavy atom. The van der Waals surface area contributed by atoms with Gasteiger partial charge in [0.05, 0.1) is 11.9 Å². The third kappa shape index (κ3) is 3.03. The van der Waals surface area contributed by atoms with E-state index in [0.29, 0.717) is 25.2 Å². The first-order chi connectivity index (χ1) is 14.6. The highest BCUT2D eigenvalue weighted by Gasteiger charge is 2.34. The van der Waals surface area contributed by atoms with Crippen molar-refractivity contribution in [3.63, 3.8) is 0 Å². The third-order valence-electron chi connectivity index (χ3n) is 6.09. The SMILES string of the molecule is O=C(O)c1cn[nH]c1C1CCN(C(=O)OCC2c3ccccc3-c3ccccc32)C1. The number of hydrogen-bond donors (Lipinski definition) is 2. The van der Waals surface area contributed by atoms with Gasteiger partial charge in [0.25, 0.3) is 0 Å². The van der Waals surface area contributed by atoms with Gasteiger partial charge in [-0.25, -0.2) is 9.59 Å². The minimum absolute atomic E-state index is 0.0194. The lowest BCUT2D eigenvalue weighted by atomic mass is 9.98. The average Bonchev–Trinajstić information content (AvgIpc) is 3.49. The van der Waals surface area contributed by atoms with Crippen LogP contribution in [0.1, 0.15) is 45.4 Å². The molecule has 5 rings (SSSR count). The van der Waals surface area contributed by atoms with Gasteiger partial charge >= 0.3 is 12.1 Å². The summed E-state index contributed by atoms with van der Waals surface area (Å²) in [4.78, 5) is 25.7. The first-order valence-corrected chi connectivity index (χ1v) is 10.00. The number of hydrogen-bond acceptors (Lipinski definition) is 4. The van der Waals surface area contributed by atoms with Gasteiger partial charge in [0, 0.05) is 24.9 Å². The molecule has 1 amide bonds. The minimum Gasteiger partial charge on any atom is -0.478 e. The normalized spacial score (nSPS) is 17.6. The number of carboxylic acid groups (broad SMARTS) is 1. The van der Waals surface area contributed by atoms with Gasteiger partial charge in [0.15, 0.2) is 0 Å². The number of fused-ring (bicyclic) bond motifs is 3. The molecule has 0 bridgehead atoms. The van der Waals surface area contributed by atoms with Gasteiger partial charge in [-0.15, -0.1) is 0 Å². The fraction of sp³-hybridized carbons (Fsp3) is 0.261. The van der Waals surface area contributed by atoms with Gasteiger partial charge in [0.2, 0.25) is 0 Å². The van der Waals surface area contributed by atoms with Crippen molar-refractivity contribution in [2.45, 2.75) is 18.3 Å². The number of carboxylic acids is 1. The number of rotatable bonds is 4. The van der Waals surface area contributed by atoms with E-state index in [1.165, 1.54) is 28.5 Å². The fourth-order valence-electron chi connectivity index (χ4n) is 4.62. The molecule has 1 aromatic heterocycles. The molecular formula is C23H21N3O4. The summed E-state index contributed by atoms with van der Waals surface area (Å²) in [7, 11) is 0. The second-order valence-electron chi connectivity index (χ2n) is 7.74. The first kappa shape index (κ1) is 18.4. The highest BCUT2D eigenvalue weighted by Crippen LogP contribution is 2.44. The lowest BCUT2D eigenvalue weighted by Gasteiger charge is -2.19. The van der Waals surface area contributed by atoms with Crippen molar-refractivity contribution in [1.82, 2.24) is 15.1 Å². The van der Waals surface area contributed by atoms with E-state index in [1.807, 2.05) is 24.3 Å². The second kappa shape index (κ2) is 7.33. The minimum atomic E-state index is -1.02. The first-order valence-electron chi connectivity index (χ1n) is 10.00. The molecule has 7 heteroatoms. The zero-order valence-corrected chi connectivity index (χ0v) is 16.2. The molecule has 2 N–H and O–H groups in total. The van der Waals surface area contributed by atoms with E-state index in [-0.39, 0.29) is 30.1 Å². The van der Waals surface area contributed by atoms with Gasteiger partial charge in [-0.1, -0.05) is 48.5 Å². The molecule has 1 saturated heterocycles. The number of benzene rings is 2. The molecule has 3 aromatic rings. The number of carbonyl (C=O) groups excluding carboxylic acids is 1. The number of ether oxygens (including phenoxy) is 1. The highest BCUT2D eigenvalue weighted by atomic mass is 16.6. The summed E-state index contributed by atoms with van der Waals surface area (Å²) in [6.07, 6.45) is 1.62. The third-order valence-corrected chi connectivity index (χ3v) is 6.09. The number of nitrogens with one attached hydrogen (secondary N) is 1. The lowest BCUT2D eigenvalue weighted by Crippen LogP contribution is -2.30. The molecule has 7 nitrogen and oxygen atoms in total. The standard InChI is InChI=1S/C23H21N3O4/c27-22(28)19-11-24-25-21(19)14-9-10-26(12-14)23(29)30-13-20-17-7-3-1-5-15(17)16-6-2-4-8-18(16)20/h1-8,11,14,20H,9-10,12-13H2,(H,24,25)(H,27,28). The van der Waals surface area contributed by atoms with Crippen molar-refractivity contribution < 1.29 is 19.4 Å². The zero-order valence-electron chi connectivity index (χ0n) is 16.2. The Bertz CT molecular complexity index is 1080. The van der Waals surface area contributed by atoms with Crippen molar-refractivity contribution in [3.8, 4) is 11.1 Å². The Kier molecular flexibility index (Phi) is 4.50. The highest BCUT2D eigenvalue weighted by molar-refractivity contribution is 5.88. The van der Waals surface area contributed by atoms with Crippen LogP contribution < -0.4 is 0 Å². The van der Waals surface area contributed by atoms with Gasteiger partial charge in [-0.05, 0) is 28.7 Å². The topological polar surface area (TPSA) is 95.5 Å². The van der Waals surface area contributed by atoms with E-state index in [2.05, 4.69) is 34.5 Å². The van der Waals surface area contributed by atoms with Gasteiger partial charge in [-0.2, -0.15) is 5.10 Å². The molecule has 1 aliphatic carbocycles. The smallest absolute Gasteiger partial charge is 0.409 e. The number of likely N-dealkylation sites (tertiary alicyclic amines) is 1. The Balaban J connectivity index is 1.27. The molecule has 152 valence electrons. The van der Waals surface area contributed by atoms with Crippen molar-refractivity contribution >= 4 is 12.1 Å². The Hall–Kier alpha value is -3.61. The van der Waals surface area contributed by atoms with Crippen LogP contribution in [0.2, 0.25) is 0 Å². The Morgan fingerprint density at radius 1 is 1.10 bits per heavy atom. The molecule has 1 aliphatic heterocycles. The molecule has 1 fully saturated rings. The number of H-pyrrole nitrogens is 1. The summed E-state index contributed by atoms with van der Waals surface area (Å²) in [6.45, 7) is 1.22. The molecule has 0 radical (unpaired) electrons. The number of aromatic amines is 1. The predicted molar refractivity (Wildman–Crippen MR) is 110 cm³/mol. The Morgan fingerprint density at radius 3 is 2.43 bits per heavy atom. The van der Waals surface area contributed by atoms with E-state index >= 15 is 0 Å². The number of carbonyl (C=O) groups is 2. The number of nitrogens with zero attached hydrogens (tertiary/aromatic N) is 2. The maximum Gasteiger partial charge on any atom is 0.409 e. The van der Waals surface area contributed by atoms with Crippen LogP contribution in [-0.4, -0.2) is 52.0 Å². The molecule has 2 aromatic carbocycles. The summed E-state index contributed by atoms with van der Waals surface area (Å²) >= 11 is 0. The second-order valence-corrected chi connectivity index (χ2v) is 7.74. The van der Waals surface area contributed by atoms with Crippen LogP contribution in [0.4, 0.5) is 4.79 Å². The van der Waals surface area contributed by atoms with Gasteiger partial charge in [0.1, 0.15) is 12.2 Å². The molecule has 2 heterocycles. The molecule has 0 saturated carbocycles. The largest absolute Gasteiger partial charge is 0.478 e. The van der Waals surface area contributed by atoms with Crippen LogP contribution in [-0.2, 0) is 4.74 Å². The van der Waals surface area contributed by atoms with E-state index in [1.54, 1.807) is 4.90 Å². The van der Waals surface area contributed by atoms with Crippen molar-refractivity contribution in [2.75, 3.05) is 19.7 Å². The van der Waals surface area contributed by atoms with E-state index in [4.69, 9.17) is 4.74 Å². The number of amides is 1. The summed E-state index contributed by atoms with van der Waals surface area (Å²) in [5.74, 6) is -1.08. The van der Waals surface area contributed by atoms with Crippen molar-refractivity contribution in [3.05, 3.63) is 77.1 Å². The van der Waals surface area contributed by atoms with E-state index in [9.17, 15) is 14.7 Å². The monoisotopic (exact) mass is 403 g/mol. The van der Waals surface area contributed by atoms with Crippen LogP contribution in [0.5, 0.6) is 0 Å². The molecular weight excluding hydrogens is 382 g/mol. The summed E-state index contributed by atoms with van der Waals surface area (Å²) in [6, 6.07) is 16.4. The Labute approximate surface area is 173 Å². The van der Waals surface area contributed by atoms with Crippen LogP contribution in [0.15, 0.2) is 54.7 Å². The van der Waals surface area contributed by atoms with E-state index in [0.717, 1.165) is 0 Å². The maximum absolute atomic E-state index is 12.7. The summed E-state index contributed by atoms with van der Waals surface area (Å²) < 4.78 is 5.71. The molecule has 30 heavy (non-hydrogen) atoms. The lowest BCUT2D eigenvalue weighted by molar-refractivity contribution is 0.0695. The molecule has 1 unspecified atom stereocenters.